The molecule has 1 atom stereocenters. The van der Waals surface area contributed by atoms with E-state index in [4.69, 9.17) is 5.73 Å². The number of hydrogen-bond donors (Lipinski definition) is 1. The second kappa shape index (κ2) is 6.03. The molecule has 19 heavy (non-hydrogen) atoms. The lowest BCUT2D eigenvalue weighted by molar-refractivity contribution is 0.816. The summed E-state index contributed by atoms with van der Waals surface area (Å²) in [6.07, 6.45) is 0. The summed E-state index contributed by atoms with van der Waals surface area (Å²) in [5.74, 6) is 0. The average Bonchev–Trinajstić information content (AvgIpc) is 2.74. The van der Waals surface area contributed by atoms with E-state index < -0.39 is 0 Å². The highest BCUT2D eigenvalue weighted by Gasteiger charge is 2.11. The predicted octanol–water partition coefficient (Wildman–Crippen LogP) is 3.87. The summed E-state index contributed by atoms with van der Waals surface area (Å²) in [5, 5.41) is 0. The number of nitrogens with zero attached hydrogens (tertiary/aromatic N) is 2. The largest absolute Gasteiger partial charge is 0.368 e. The van der Waals surface area contributed by atoms with E-state index in [1.165, 1.54) is 4.88 Å². The summed E-state index contributed by atoms with van der Waals surface area (Å²) < 4.78 is 1.08. The van der Waals surface area contributed by atoms with Gasteiger partial charge in [0.2, 0.25) is 0 Å². The smallest absolute Gasteiger partial charge is 0.0798 e. The number of halogens is 1. The fraction of sp³-hybridized carbons (Fsp3) is 0.357. The molecule has 3 nitrogen and oxygen atoms in total. The van der Waals surface area contributed by atoms with Gasteiger partial charge in [0.25, 0.3) is 0 Å². The number of hydrogen-bond acceptors (Lipinski definition) is 4. The number of rotatable bonds is 4. The minimum absolute atomic E-state index is 0.0550. The fourth-order valence-corrected chi connectivity index (χ4v) is 3.42. The van der Waals surface area contributed by atoms with Gasteiger partial charge in [0.15, 0.2) is 0 Å². The topological polar surface area (TPSA) is 42.2 Å². The van der Waals surface area contributed by atoms with Crippen LogP contribution in [0.4, 0.5) is 5.69 Å². The van der Waals surface area contributed by atoms with Gasteiger partial charge in [-0.05, 0) is 47.5 Å². The molecule has 1 aromatic heterocycles. The van der Waals surface area contributed by atoms with Crippen LogP contribution in [0.25, 0.3) is 0 Å². The molecule has 5 heteroatoms. The van der Waals surface area contributed by atoms with Gasteiger partial charge < -0.3 is 10.6 Å². The maximum Gasteiger partial charge on any atom is 0.0798 e. The van der Waals surface area contributed by atoms with E-state index in [2.05, 4.69) is 51.1 Å². The van der Waals surface area contributed by atoms with Gasteiger partial charge in [0.1, 0.15) is 0 Å². The second-order valence-electron chi connectivity index (χ2n) is 4.72. The van der Waals surface area contributed by atoms with Crippen LogP contribution in [0.5, 0.6) is 0 Å². The van der Waals surface area contributed by atoms with Crippen LogP contribution < -0.4 is 10.6 Å². The third-order valence-electron chi connectivity index (χ3n) is 3.13. The fourth-order valence-electron chi connectivity index (χ4n) is 1.89. The Labute approximate surface area is 126 Å². The highest BCUT2D eigenvalue weighted by molar-refractivity contribution is 9.10. The lowest BCUT2D eigenvalue weighted by Crippen LogP contribution is -2.17. The highest BCUT2D eigenvalue weighted by Crippen LogP contribution is 2.30. The summed E-state index contributed by atoms with van der Waals surface area (Å²) in [7, 11) is 2.09. The molecule has 2 rings (SSSR count). The molecular formula is C14H18BrN3S. The van der Waals surface area contributed by atoms with E-state index >= 15 is 0 Å². The lowest BCUT2D eigenvalue weighted by atomic mass is 10.1. The van der Waals surface area contributed by atoms with Crippen LogP contribution in [0.1, 0.15) is 29.1 Å². The zero-order valence-electron chi connectivity index (χ0n) is 11.4. The van der Waals surface area contributed by atoms with Crippen molar-refractivity contribution in [2.45, 2.75) is 26.4 Å². The number of anilines is 1. The Morgan fingerprint density at radius 2 is 2.21 bits per heavy atom. The minimum Gasteiger partial charge on any atom is -0.368 e. The van der Waals surface area contributed by atoms with Gasteiger partial charge in [-0.3, -0.25) is 0 Å². The summed E-state index contributed by atoms with van der Waals surface area (Å²) in [6, 6.07) is 6.34. The lowest BCUT2D eigenvalue weighted by Gasteiger charge is -2.21. The minimum atomic E-state index is 0.0550. The Hall–Kier alpha value is -0.910. The number of benzene rings is 1. The molecule has 0 saturated carbocycles. The molecule has 102 valence electrons. The Morgan fingerprint density at radius 3 is 2.74 bits per heavy atom. The van der Waals surface area contributed by atoms with Crippen molar-refractivity contribution in [1.29, 1.82) is 0 Å². The van der Waals surface area contributed by atoms with Crippen molar-refractivity contribution >= 4 is 33.0 Å². The molecule has 1 unspecified atom stereocenters. The van der Waals surface area contributed by atoms with Crippen LogP contribution in [-0.4, -0.2) is 12.0 Å². The molecule has 0 aliphatic carbocycles. The third-order valence-corrected chi connectivity index (χ3v) is 4.69. The molecular weight excluding hydrogens is 322 g/mol. The molecule has 0 amide bonds. The Kier molecular flexibility index (Phi) is 4.60. The molecule has 0 aliphatic heterocycles. The molecule has 2 N–H and O–H groups in total. The predicted molar refractivity (Wildman–Crippen MR) is 85.7 cm³/mol. The number of aromatic nitrogens is 1. The summed E-state index contributed by atoms with van der Waals surface area (Å²) >= 11 is 5.33. The van der Waals surface area contributed by atoms with E-state index in [-0.39, 0.29) is 6.04 Å². The normalized spacial score (nSPS) is 12.5. The molecule has 0 bridgehead atoms. The monoisotopic (exact) mass is 339 g/mol. The molecule has 0 spiro atoms. The second-order valence-corrected chi connectivity index (χ2v) is 6.51. The van der Waals surface area contributed by atoms with Crippen LogP contribution in [-0.2, 0) is 6.54 Å². The molecule has 1 heterocycles. The van der Waals surface area contributed by atoms with Crippen LogP contribution in [0.2, 0.25) is 0 Å². The van der Waals surface area contributed by atoms with Crippen LogP contribution in [0.15, 0.2) is 28.2 Å². The number of thiazole rings is 1. The zero-order valence-corrected chi connectivity index (χ0v) is 13.8. The van der Waals surface area contributed by atoms with Gasteiger partial charge in [-0.15, -0.1) is 11.3 Å². The Morgan fingerprint density at radius 1 is 1.47 bits per heavy atom. The maximum atomic E-state index is 5.90. The molecule has 0 aliphatic rings. The van der Waals surface area contributed by atoms with E-state index in [0.717, 1.165) is 28.0 Å². The summed E-state index contributed by atoms with van der Waals surface area (Å²) in [6.45, 7) is 4.91. The first-order valence-electron chi connectivity index (χ1n) is 6.14. The van der Waals surface area contributed by atoms with Crippen molar-refractivity contribution < 1.29 is 0 Å². The van der Waals surface area contributed by atoms with Gasteiger partial charge in [0, 0.05) is 22.4 Å². The van der Waals surface area contributed by atoms with Gasteiger partial charge in [-0.2, -0.15) is 0 Å². The summed E-state index contributed by atoms with van der Waals surface area (Å²) in [4.78, 5) is 7.80. The van der Waals surface area contributed by atoms with Crippen molar-refractivity contribution in [3.63, 3.8) is 0 Å². The van der Waals surface area contributed by atoms with Crippen LogP contribution in [0.3, 0.4) is 0 Å². The molecule has 1 aromatic carbocycles. The van der Waals surface area contributed by atoms with Crippen molar-refractivity contribution in [1.82, 2.24) is 4.98 Å². The summed E-state index contributed by atoms with van der Waals surface area (Å²) in [5.41, 5.74) is 11.2. The van der Waals surface area contributed by atoms with E-state index in [0.29, 0.717) is 0 Å². The molecule has 0 radical (unpaired) electrons. The molecule has 0 fully saturated rings. The first-order chi connectivity index (χ1) is 8.99. The molecule has 2 aromatic rings. The van der Waals surface area contributed by atoms with Crippen molar-refractivity contribution in [3.8, 4) is 0 Å². The maximum absolute atomic E-state index is 5.90. The SMILES string of the molecule is Cc1ncsc1CN(C)c1ccc(C(C)N)cc1Br. The van der Waals surface area contributed by atoms with E-state index in [1.807, 2.05) is 19.4 Å². The van der Waals surface area contributed by atoms with Crippen molar-refractivity contribution in [3.05, 3.63) is 44.3 Å². The van der Waals surface area contributed by atoms with Crippen molar-refractivity contribution in [2.24, 2.45) is 5.73 Å². The van der Waals surface area contributed by atoms with E-state index in [9.17, 15) is 0 Å². The quantitative estimate of drug-likeness (QED) is 0.919. The Balaban J connectivity index is 2.20. The van der Waals surface area contributed by atoms with Gasteiger partial charge in [0.05, 0.1) is 23.4 Å². The first-order valence-corrected chi connectivity index (χ1v) is 7.81. The van der Waals surface area contributed by atoms with E-state index in [1.54, 1.807) is 11.3 Å². The van der Waals surface area contributed by atoms with Crippen LogP contribution in [0, 0.1) is 6.92 Å². The zero-order chi connectivity index (χ0) is 14.0. The van der Waals surface area contributed by atoms with Gasteiger partial charge >= 0.3 is 0 Å². The third kappa shape index (κ3) is 3.35. The highest BCUT2D eigenvalue weighted by atomic mass is 79.9. The Bertz CT molecular complexity index is 566. The van der Waals surface area contributed by atoms with Gasteiger partial charge in [-0.1, -0.05) is 6.07 Å². The van der Waals surface area contributed by atoms with Crippen LogP contribution >= 0.6 is 27.3 Å². The molecule has 0 saturated heterocycles. The number of nitrogens with two attached hydrogens (primary N) is 1. The van der Waals surface area contributed by atoms with Gasteiger partial charge in [-0.25, -0.2) is 4.98 Å². The number of aryl methyl sites for hydroxylation is 1. The first kappa shape index (κ1) is 14.5. The standard InChI is InChI=1S/C14H18BrN3S/c1-9(16)11-4-5-13(12(15)6-11)18(3)7-14-10(2)17-8-19-14/h4-6,8-9H,7,16H2,1-3H3. The van der Waals surface area contributed by atoms with Crippen molar-refractivity contribution in [2.75, 3.05) is 11.9 Å². The average molecular weight is 340 g/mol.